The molecule has 0 saturated heterocycles. The number of nitrogen functional groups attached to an aromatic ring is 1. The van der Waals surface area contributed by atoms with Gasteiger partial charge in [-0.1, -0.05) is 0 Å². The molecule has 0 saturated carbocycles. The fraction of sp³-hybridized carbons (Fsp3) is 0.500. The van der Waals surface area contributed by atoms with Crippen molar-refractivity contribution in [1.29, 1.82) is 0 Å². The van der Waals surface area contributed by atoms with Crippen molar-refractivity contribution in [2.24, 2.45) is 0 Å². The molecule has 1 amide bonds. The van der Waals surface area contributed by atoms with Gasteiger partial charge in [0.2, 0.25) is 0 Å². The first-order valence-corrected chi connectivity index (χ1v) is 7.24. The molecular weight excluding hydrogens is 303 g/mol. The van der Waals surface area contributed by atoms with Crippen LogP contribution in [0.2, 0.25) is 0 Å². The third-order valence-corrected chi connectivity index (χ3v) is 2.99. The molecule has 1 rings (SSSR count). The molecule has 1 aromatic carbocycles. The van der Waals surface area contributed by atoms with Crippen LogP contribution in [0.5, 0.6) is 0 Å². The van der Waals surface area contributed by atoms with Crippen molar-refractivity contribution in [2.75, 3.05) is 24.3 Å². The van der Waals surface area contributed by atoms with Crippen molar-refractivity contribution in [1.82, 2.24) is 0 Å². The van der Waals surface area contributed by atoms with Crippen LogP contribution in [0, 0.1) is 5.82 Å². The average Bonchev–Trinajstić information content (AvgIpc) is 2.42. The predicted octanol–water partition coefficient (Wildman–Crippen LogP) is 2.88. The van der Waals surface area contributed by atoms with Crippen LogP contribution in [-0.4, -0.2) is 31.3 Å². The maximum Gasteiger partial charge on any atom is 0.414 e. The van der Waals surface area contributed by atoms with Gasteiger partial charge in [-0.25, -0.2) is 9.18 Å². The van der Waals surface area contributed by atoms with Gasteiger partial charge in [0.25, 0.3) is 0 Å². The van der Waals surface area contributed by atoms with Gasteiger partial charge in [0.1, 0.15) is 11.4 Å². The molecule has 0 aliphatic heterocycles. The molecule has 0 atom stereocenters. The van der Waals surface area contributed by atoms with Crippen molar-refractivity contribution in [3.63, 3.8) is 0 Å². The molecule has 0 spiro atoms. The number of nitrogens with two attached hydrogens (primary N) is 1. The van der Waals surface area contributed by atoms with Crippen LogP contribution < -0.4 is 10.6 Å². The van der Waals surface area contributed by atoms with Crippen LogP contribution in [0.3, 0.4) is 0 Å². The number of carbonyl (C=O) groups excluding carboxylic acids is 2. The Morgan fingerprint density at radius 1 is 1.30 bits per heavy atom. The third kappa shape index (κ3) is 5.12. The lowest BCUT2D eigenvalue weighted by Gasteiger charge is -2.28. The van der Waals surface area contributed by atoms with Gasteiger partial charge in [-0.05, 0) is 45.4 Å². The topological polar surface area (TPSA) is 81.9 Å². The Morgan fingerprint density at radius 2 is 1.91 bits per heavy atom. The summed E-state index contributed by atoms with van der Waals surface area (Å²) in [6.07, 6.45) is -0.819. The van der Waals surface area contributed by atoms with Gasteiger partial charge in [-0.3, -0.25) is 9.69 Å². The number of benzene rings is 1. The first-order chi connectivity index (χ1) is 10.6. The normalized spacial score (nSPS) is 11.0. The summed E-state index contributed by atoms with van der Waals surface area (Å²) in [6.45, 7) is 7.15. The molecule has 23 heavy (non-hydrogen) atoms. The number of esters is 1. The second kappa shape index (κ2) is 7.30. The van der Waals surface area contributed by atoms with E-state index < -0.39 is 23.5 Å². The van der Waals surface area contributed by atoms with E-state index in [1.807, 2.05) is 0 Å². The lowest BCUT2D eigenvalue weighted by molar-refractivity contribution is -0.139. The van der Waals surface area contributed by atoms with E-state index in [0.717, 1.165) is 12.1 Å². The van der Waals surface area contributed by atoms with Crippen molar-refractivity contribution in [3.8, 4) is 0 Å². The van der Waals surface area contributed by atoms with Crippen LogP contribution in [0.4, 0.5) is 20.6 Å². The maximum atomic E-state index is 13.9. The Bertz CT molecular complexity index is 596. The summed E-state index contributed by atoms with van der Waals surface area (Å²) >= 11 is 0. The van der Waals surface area contributed by atoms with Gasteiger partial charge < -0.3 is 15.2 Å². The number of hydrogen-bond acceptors (Lipinski definition) is 5. The van der Waals surface area contributed by atoms with Gasteiger partial charge in [-0.15, -0.1) is 0 Å². The van der Waals surface area contributed by atoms with Gasteiger partial charge in [-0.2, -0.15) is 0 Å². The minimum absolute atomic E-state index is 0.143. The number of hydrogen-bond donors (Lipinski definition) is 1. The van der Waals surface area contributed by atoms with Gasteiger partial charge in [0, 0.05) is 6.54 Å². The molecule has 0 aromatic heterocycles. The minimum Gasteiger partial charge on any atom is -0.469 e. The predicted molar refractivity (Wildman–Crippen MR) is 85.8 cm³/mol. The lowest BCUT2D eigenvalue weighted by Crippen LogP contribution is -2.37. The highest BCUT2D eigenvalue weighted by Crippen LogP contribution is 2.30. The molecule has 0 aliphatic carbocycles. The van der Waals surface area contributed by atoms with Crippen molar-refractivity contribution in [2.45, 2.75) is 39.7 Å². The number of nitrogens with zero attached hydrogens (tertiary/aromatic N) is 1. The Labute approximate surface area is 135 Å². The van der Waals surface area contributed by atoms with E-state index in [2.05, 4.69) is 4.74 Å². The number of methoxy groups -OCH3 is 1. The van der Waals surface area contributed by atoms with E-state index in [4.69, 9.17) is 10.5 Å². The second-order valence-electron chi connectivity index (χ2n) is 5.98. The smallest absolute Gasteiger partial charge is 0.414 e. The summed E-state index contributed by atoms with van der Waals surface area (Å²) in [5.41, 5.74) is 5.88. The summed E-state index contributed by atoms with van der Waals surface area (Å²) in [6, 6.07) is 2.29. The van der Waals surface area contributed by atoms with Crippen molar-refractivity contribution >= 4 is 23.4 Å². The quantitative estimate of drug-likeness (QED) is 0.679. The molecule has 2 N–H and O–H groups in total. The van der Waals surface area contributed by atoms with Crippen LogP contribution in [0.25, 0.3) is 0 Å². The Morgan fingerprint density at radius 3 is 2.39 bits per heavy atom. The summed E-state index contributed by atoms with van der Waals surface area (Å²) in [5.74, 6) is -1.15. The number of carbonyl (C=O) groups is 2. The number of amides is 1. The van der Waals surface area contributed by atoms with Gasteiger partial charge in [0.15, 0.2) is 0 Å². The zero-order valence-corrected chi connectivity index (χ0v) is 14.1. The van der Waals surface area contributed by atoms with E-state index in [0.29, 0.717) is 0 Å². The van der Waals surface area contributed by atoms with E-state index >= 15 is 0 Å². The summed E-state index contributed by atoms with van der Waals surface area (Å²) in [4.78, 5) is 24.9. The van der Waals surface area contributed by atoms with Crippen LogP contribution in [-0.2, 0) is 20.7 Å². The van der Waals surface area contributed by atoms with Crippen molar-refractivity contribution < 1.29 is 23.5 Å². The minimum atomic E-state index is -0.693. The Kier molecular flexibility index (Phi) is 5.95. The Hall–Kier alpha value is -2.31. The summed E-state index contributed by atoms with van der Waals surface area (Å²) < 4.78 is 23.7. The molecule has 7 heteroatoms. The molecule has 0 unspecified atom stereocenters. The highest BCUT2D eigenvalue weighted by atomic mass is 19.1. The summed E-state index contributed by atoms with van der Waals surface area (Å²) in [7, 11) is 1.23. The number of anilines is 2. The van der Waals surface area contributed by atoms with E-state index in [9.17, 15) is 14.0 Å². The highest BCUT2D eigenvalue weighted by Gasteiger charge is 2.25. The fourth-order valence-electron chi connectivity index (χ4n) is 1.97. The first kappa shape index (κ1) is 18.7. The second-order valence-corrected chi connectivity index (χ2v) is 5.98. The van der Waals surface area contributed by atoms with E-state index in [1.165, 1.54) is 12.0 Å². The summed E-state index contributed by atoms with van der Waals surface area (Å²) in [5, 5.41) is 0. The fourth-order valence-corrected chi connectivity index (χ4v) is 1.97. The van der Waals surface area contributed by atoms with Crippen LogP contribution >= 0.6 is 0 Å². The zero-order valence-electron chi connectivity index (χ0n) is 14.1. The molecule has 6 nitrogen and oxygen atoms in total. The lowest BCUT2D eigenvalue weighted by atomic mass is 10.1. The number of halogens is 1. The molecule has 1 aromatic rings. The maximum absolute atomic E-state index is 13.9. The zero-order chi connectivity index (χ0) is 17.8. The average molecular weight is 326 g/mol. The molecule has 0 radical (unpaired) electrons. The van der Waals surface area contributed by atoms with Gasteiger partial charge >= 0.3 is 12.1 Å². The molecule has 0 bridgehead atoms. The SMILES string of the molecule is CCN(C(=O)OC(C)(C)C)c1cc(F)cc(CC(=O)OC)c1N. The van der Waals surface area contributed by atoms with Crippen molar-refractivity contribution in [3.05, 3.63) is 23.5 Å². The highest BCUT2D eigenvalue weighted by molar-refractivity contribution is 5.93. The van der Waals surface area contributed by atoms with Gasteiger partial charge in [0.05, 0.1) is 24.9 Å². The van der Waals surface area contributed by atoms with Crippen LogP contribution in [0.1, 0.15) is 33.3 Å². The van der Waals surface area contributed by atoms with Crippen LogP contribution in [0.15, 0.2) is 12.1 Å². The number of ether oxygens (including phenoxy) is 2. The molecule has 0 aliphatic rings. The Balaban J connectivity index is 3.23. The molecular formula is C16H23FN2O4. The number of rotatable bonds is 4. The first-order valence-electron chi connectivity index (χ1n) is 7.24. The standard InChI is InChI=1S/C16H23FN2O4/c1-6-19(15(21)23-16(2,3)4)12-9-11(17)7-10(14(12)18)8-13(20)22-5/h7,9H,6,8,18H2,1-5H3. The molecule has 0 heterocycles. The molecule has 128 valence electrons. The largest absolute Gasteiger partial charge is 0.469 e. The monoisotopic (exact) mass is 326 g/mol. The van der Waals surface area contributed by atoms with E-state index in [-0.39, 0.29) is 29.9 Å². The van der Waals surface area contributed by atoms with E-state index in [1.54, 1.807) is 27.7 Å². The third-order valence-electron chi connectivity index (χ3n) is 2.99. The molecule has 0 fully saturated rings.